The number of aryl methyl sites for hydroxylation is 4. The Morgan fingerprint density at radius 1 is 0.674 bits per heavy atom. The topological polar surface area (TPSA) is 132 Å². The van der Waals surface area contributed by atoms with Crippen molar-refractivity contribution in [1.29, 1.82) is 0 Å². The Kier molecular flexibility index (Phi) is 7.80. The third-order valence-corrected chi connectivity index (χ3v) is 8.59. The third kappa shape index (κ3) is 5.25. The van der Waals surface area contributed by atoms with Crippen LogP contribution in [0.3, 0.4) is 0 Å². The van der Waals surface area contributed by atoms with E-state index in [2.05, 4.69) is 23.1 Å². The number of H-pyrrole nitrogens is 2. The first-order valence-corrected chi connectivity index (χ1v) is 14.3. The number of nitrogens with one attached hydrogen (secondary N) is 2. The summed E-state index contributed by atoms with van der Waals surface area (Å²) in [6.45, 7) is 18.2. The number of nitrogens with zero attached hydrogens (tertiary/aromatic N) is 2. The van der Waals surface area contributed by atoms with E-state index >= 15 is 0 Å². The normalized spacial score (nSPS) is 13.0. The summed E-state index contributed by atoms with van der Waals surface area (Å²) in [5.41, 5.74) is 14.8. The molecule has 3 aromatic heterocycles. The molecule has 0 aliphatic carbocycles. The van der Waals surface area contributed by atoms with E-state index in [1.807, 2.05) is 65.0 Å². The third-order valence-electron chi connectivity index (χ3n) is 8.59. The summed E-state index contributed by atoms with van der Waals surface area (Å²) in [5, 5.41) is 19.0. The first-order chi connectivity index (χ1) is 20.4. The summed E-state index contributed by atoms with van der Waals surface area (Å²) in [7, 11) is 0. The monoisotopic (exact) mass is 576 g/mol. The molecular formula is C35H36N4O4. The van der Waals surface area contributed by atoms with Crippen molar-refractivity contribution in [3.05, 3.63) is 94.1 Å². The molecule has 0 saturated heterocycles. The van der Waals surface area contributed by atoms with E-state index in [0.717, 1.165) is 95.0 Å². The molecule has 2 aliphatic rings. The van der Waals surface area contributed by atoms with Gasteiger partial charge in [0.2, 0.25) is 0 Å². The summed E-state index contributed by atoms with van der Waals surface area (Å²) < 4.78 is 0. The highest BCUT2D eigenvalue weighted by molar-refractivity contribution is 6.00. The Morgan fingerprint density at radius 2 is 1.16 bits per heavy atom. The van der Waals surface area contributed by atoms with E-state index in [0.29, 0.717) is 12.8 Å². The summed E-state index contributed by atoms with van der Waals surface area (Å²) in [6, 6.07) is 5.94. The van der Waals surface area contributed by atoms with Gasteiger partial charge in [-0.15, -0.1) is 0 Å². The number of aromatic amines is 2. The Morgan fingerprint density at radius 3 is 1.65 bits per heavy atom. The summed E-state index contributed by atoms with van der Waals surface area (Å²) in [6.07, 6.45) is 4.27. The van der Waals surface area contributed by atoms with Gasteiger partial charge in [0.25, 0.3) is 0 Å². The first kappa shape index (κ1) is 29.5. The number of aliphatic carboxylic acids is 2. The van der Waals surface area contributed by atoms with Crippen LogP contribution in [0.1, 0.15) is 77.3 Å². The molecule has 0 radical (unpaired) electrons. The van der Waals surface area contributed by atoms with Gasteiger partial charge in [-0.25, -0.2) is 9.97 Å². The lowest BCUT2D eigenvalue weighted by atomic mass is 9.99. The largest absolute Gasteiger partial charge is 0.481 e. The minimum absolute atomic E-state index is 0.0192. The van der Waals surface area contributed by atoms with Crippen molar-refractivity contribution >= 4 is 56.3 Å². The molecule has 0 aromatic carbocycles. The lowest BCUT2D eigenvalue weighted by Gasteiger charge is -2.04. The Labute approximate surface area is 250 Å². The Hall–Kier alpha value is -4.98. The lowest BCUT2D eigenvalue weighted by Crippen LogP contribution is -1.98. The number of aromatic nitrogens is 4. The highest BCUT2D eigenvalue weighted by Crippen LogP contribution is 2.38. The van der Waals surface area contributed by atoms with Gasteiger partial charge in [0.15, 0.2) is 0 Å². The van der Waals surface area contributed by atoms with E-state index in [1.165, 1.54) is 0 Å². The van der Waals surface area contributed by atoms with Crippen molar-refractivity contribution in [3.63, 3.8) is 0 Å². The molecule has 0 spiro atoms. The van der Waals surface area contributed by atoms with E-state index in [1.54, 1.807) is 0 Å². The molecule has 0 atom stereocenters. The molecule has 5 heterocycles. The number of allylic oxidation sites excluding steroid dienone is 6. The van der Waals surface area contributed by atoms with Gasteiger partial charge in [-0.1, -0.05) is 25.3 Å². The van der Waals surface area contributed by atoms with E-state index in [4.69, 9.17) is 9.97 Å². The standard InChI is InChI=1S/C35H36N4O4/c1-8-22-20(6)34-21(7)35-23(9-2)17(3)28(38-35)14-26-18(4)24(10-12-32(40)41)30(36-26)16-31-25(11-13-33(42)43)19(5)27(37-31)15-29(22)39-34/h8-9,14-16,36-37H,1-2,10-13H2,3-7H3,(H,40,41)(H,42,43). The number of hydrogen-bond acceptors (Lipinski definition) is 4. The van der Waals surface area contributed by atoms with Crippen LogP contribution in [0.5, 0.6) is 0 Å². The van der Waals surface area contributed by atoms with Gasteiger partial charge in [0, 0.05) is 51.6 Å². The number of carboxylic acid groups (broad SMARTS) is 2. The first-order valence-electron chi connectivity index (χ1n) is 14.3. The van der Waals surface area contributed by atoms with Gasteiger partial charge in [-0.2, -0.15) is 0 Å². The predicted octanol–water partition coefficient (Wildman–Crippen LogP) is 7.51. The van der Waals surface area contributed by atoms with Crippen LogP contribution in [0, 0.1) is 20.8 Å². The predicted molar refractivity (Wildman–Crippen MR) is 172 cm³/mol. The maximum Gasteiger partial charge on any atom is 0.303 e. The fourth-order valence-electron chi connectivity index (χ4n) is 6.10. The highest BCUT2D eigenvalue weighted by atomic mass is 16.4. The second kappa shape index (κ2) is 11.4. The van der Waals surface area contributed by atoms with Crippen LogP contribution in [-0.4, -0.2) is 42.1 Å². The fraction of sp³-hybridized carbons (Fsp3) is 0.257. The number of carbonyl (C=O) groups is 2. The van der Waals surface area contributed by atoms with Crippen molar-refractivity contribution in [1.82, 2.24) is 19.9 Å². The van der Waals surface area contributed by atoms with Crippen LogP contribution in [0.15, 0.2) is 43.5 Å². The highest BCUT2D eigenvalue weighted by Gasteiger charge is 2.23. The molecule has 8 bridgehead atoms. The smallest absolute Gasteiger partial charge is 0.303 e. The molecule has 43 heavy (non-hydrogen) atoms. The molecule has 0 saturated carbocycles. The van der Waals surface area contributed by atoms with Crippen LogP contribution in [0.4, 0.5) is 0 Å². The number of rotatable bonds is 8. The van der Waals surface area contributed by atoms with E-state index in [9.17, 15) is 19.8 Å². The fourth-order valence-corrected chi connectivity index (χ4v) is 6.10. The molecule has 3 aromatic rings. The molecule has 8 nitrogen and oxygen atoms in total. The zero-order valence-corrected chi connectivity index (χ0v) is 25.2. The second-order valence-corrected chi connectivity index (χ2v) is 11.1. The van der Waals surface area contributed by atoms with Crippen LogP contribution in [0.2, 0.25) is 0 Å². The van der Waals surface area contributed by atoms with Gasteiger partial charge >= 0.3 is 11.9 Å². The molecule has 0 amide bonds. The Bertz CT molecular complexity index is 1970. The number of hydrogen-bond donors (Lipinski definition) is 4. The van der Waals surface area contributed by atoms with Gasteiger partial charge in [0.1, 0.15) is 0 Å². The second-order valence-electron chi connectivity index (χ2n) is 11.1. The van der Waals surface area contributed by atoms with Crippen LogP contribution in [0.25, 0.3) is 44.4 Å². The summed E-state index contributed by atoms with van der Waals surface area (Å²) in [5.74, 6) is -1.75. The average molecular weight is 577 g/mol. The number of fused-ring (bicyclic) bond motifs is 8. The van der Waals surface area contributed by atoms with Crippen molar-refractivity contribution in [2.75, 3.05) is 0 Å². The maximum atomic E-state index is 11.6. The lowest BCUT2D eigenvalue weighted by molar-refractivity contribution is -0.138. The van der Waals surface area contributed by atoms with Gasteiger partial charge < -0.3 is 20.2 Å². The molecule has 4 N–H and O–H groups in total. The minimum Gasteiger partial charge on any atom is -0.481 e. The van der Waals surface area contributed by atoms with Crippen molar-refractivity contribution in [2.24, 2.45) is 0 Å². The summed E-state index contributed by atoms with van der Waals surface area (Å²) in [4.78, 5) is 40.3. The molecule has 0 fully saturated rings. The van der Waals surface area contributed by atoms with E-state index in [-0.39, 0.29) is 12.8 Å². The molecular weight excluding hydrogens is 540 g/mol. The van der Waals surface area contributed by atoms with Crippen molar-refractivity contribution in [3.8, 4) is 0 Å². The van der Waals surface area contributed by atoms with Gasteiger partial charge in [-0.05, 0) is 99.1 Å². The van der Waals surface area contributed by atoms with Crippen LogP contribution in [-0.2, 0) is 22.4 Å². The van der Waals surface area contributed by atoms with Crippen LogP contribution >= 0.6 is 0 Å². The van der Waals surface area contributed by atoms with Crippen molar-refractivity contribution < 1.29 is 19.8 Å². The molecule has 2 aliphatic heterocycles. The van der Waals surface area contributed by atoms with Crippen molar-refractivity contribution in [2.45, 2.75) is 60.3 Å². The average Bonchev–Trinajstić information content (AvgIpc) is 3.63. The molecule has 220 valence electrons. The molecule has 0 unspecified atom stereocenters. The molecule has 8 heteroatoms. The maximum absolute atomic E-state index is 11.6. The Balaban J connectivity index is 1.99. The molecule has 5 rings (SSSR count). The van der Waals surface area contributed by atoms with Crippen LogP contribution < -0.4 is 0 Å². The SMILES string of the molecule is C=CC1=C(C)c2nc1cc1[nH]c(cc3[nH]c(cc4nc(c2C)C(C=C)=C4C)c(C)c3CCC(=O)O)c(CCC(=O)O)c1C. The number of carboxylic acids is 2. The van der Waals surface area contributed by atoms with E-state index < -0.39 is 11.9 Å². The summed E-state index contributed by atoms with van der Waals surface area (Å²) >= 11 is 0. The van der Waals surface area contributed by atoms with Gasteiger partial charge in [0.05, 0.1) is 22.8 Å². The minimum atomic E-state index is -0.876. The van der Waals surface area contributed by atoms with Gasteiger partial charge in [-0.3, -0.25) is 9.59 Å². The zero-order chi connectivity index (χ0) is 31.2. The quantitative estimate of drug-likeness (QED) is 0.219. The zero-order valence-electron chi connectivity index (χ0n) is 25.2.